The van der Waals surface area contributed by atoms with Gasteiger partial charge in [0.25, 0.3) is 0 Å². The smallest absolute Gasteiger partial charge is 0.161 e. The van der Waals surface area contributed by atoms with Gasteiger partial charge in [-0.05, 0) is 78.4 Å². The van der Waals surface area contributed by atoms with Crippen molar-refractivity contribution in [1.29, 1.82) is 0 Å². The lowest BCUT2D eigenvalue weighted by Gasteiger charge is -2.15. The van der Waals surface area contributed by atoms with E-state index in [0.29, 0.717) is 5.82 Å². The zero-order valence-electron chi connectivity index (χ0n) is 30.0. The lowest BCUT2D eigenvalue weighted by atomic mass is 9.98. The van der Waals surface area contributed by atoms with Crippen LogP contribution in [0.1, 0.15) is 0 Å². The molecule has 6 aromatic carbocycles. The van der Waals surface area contributed by atoms with Crippen LogP contribution in [0.25, 0.3) is 106 Å². The fourth-order valence-electron chi connectivity index (χ4n) is 7.91. The Morgan fingerprint density at radius 2 is 1.04 bits per heavy atom. The molecule has 0 atom stereocenters. The summed E-state index contributed by atoms with van der Waals surface area (Å²) < 4.78 is 8.91. The quantitative estimate of drug-likeness (QED) is 0.171. The Hall–Kier alpha value is -7.70. The molecule has 6 nitrogen and oxygen atoms in total. The van der Waals surface area contributed by atoms with Crippen LogP contribution in [0, 0.1) is 0 Å². The minimum atomic E-state index is 0.647. The molecular weight excluding hydrogens is 687 g/mol. The fraction of sp³-hybridized carbons (Fsp3) is 0. The van der Waals surface area contributed by atoms with Crippen molar-refractivity contribution in [2.24, 2.45) is 0 Å². The molecule has 0 saturated carbocycles. The molecule has 0 spiro atoms. The molecule has 11 aromatic rings. The number of aromatic nitrogens is 5. The summed E-state index contributed by atoms with van der Waals surface area (Å²) in [7, 11) is 0. The topological polar surface area (TPSA) is 69.6 Å². The first-order valence-electron chi connectivity index (χ1n) is 18.6. The van der Waals surface area contributed by atoms with Gasteiger partial charge in [-0.25, -0.2) is 9.97 Å². The van der Waals surface area contributed by atoms with Gasteiger partial charge in [0, 0.05) is 62.1 Å². The average molecular weight is 718 g/mol. The SMILES string of the molecule is c1ccc(-c2nc(-c3cccc(-c4ccccn4)c3)cc(-c3cc(-c4ccnc5c4oc4ccccc45)cc(-n4c5ccccc5c5ccccc54)c3)n2)cc1. The molecular formula is C50H31N5O. The van der Waals surface area contributed by atoms with Crippen LogP contribution >= 0.6 is 0 Å². The van der Waals surface area contributed by atoms with Gasteiger partial charge in [0.2, 0.25) is 0 Å². The van der Waals surface area contributed by atoms with E-state index in [4.69, 9.17) is 19.4 Å². The number of benzene rings is 6. The Bertz CT molecular complexity index is 3200. The summed E-state index contributed by atoms with van der Waals surface area (Å²) in [5, 5.41) is 3.38. The van der Waals surface area contributed by atoms with Crippen molar-refractivity contribution in [3.8, 4) is 62.0 Å². The number of hydrogen-bond acceptors (Lipinski definition) is 5. The van der Waals surface area contributed by atoms with Crippen molar-refractivity contribution < 1.29 is 4.42 Å². The van der Waals surface area contributed by atoms with Crippen molar-refractivity contribution in [3.05, 3.63) is 188 Å². The second-order valence-corrected chi connectivity index (χ2v) is 13.9. The van der Waals surface area contributed by atoms with Gasteiger partial charge in [-0.1, -0.05) is 103 Å². The molecule has 0 unspecified atom stereocenters. The van der Waals surface area contributed by atoms with E-state index in [2.05, 4.69) is 125 Å². The van der Waals surface area contributed by atoms with Crippen LogP contribution in [-0.4, -0.2) is 24.5 Å². The van der Waals surface area contributed by atoms with E-state index in [9.17, 15) is 0 Å². The summed E-state index contributed by atoms with van der Waals surface area (Å²) >= 11 is 0. The van der Waals surface area contributed by atoms with Gasteiger partial charge in [-0.2, -0.15) is 0 Å². The maximum atomic E-state index is 6.56. The molecule has 5 heterocycles. The van der Waals surface area contributed by atoms with Crippen LogP contribution in [0.15, 0.2) is 193 Å². The van der Waals surface area contributed by atoms with Crippen LogP contribution in [0.4, 0.5) is 0 Å². The van der Waals surface area contributed by atoms with Crippen molar-refractivity contribution in [1.82, 2.24) is 24.5 Å². The molecule has 0 fully saturated rings. The minimum Gasteiger partial charge on any atom is -0.454 e. The predicted molar refractivity (Wildman–Crippen MR) is 226 cm³/mol. The Morgan fingerprint density at radius 3 is 1.80 bits per heavy atom. The first-order valence-corrected chi connectivity index (χ1v) is 18.6. The minimum absolute atomic E-state index is 0.647. The Balaban J connectivity index is 1.19. The predicted octanol–water partition coefficient (Wildman–Crippen LogP) is 12.6. The molecule has 262 valence electrons. The van der Waals surface area contributed by atoms with Crippen molar-refractivity contribution in [2.45, 2.75) is 0 Å². The van der Waals surface area contributed by atoms with Crippen LogP contribution in [-0.2, 0) is 0 Å². The molecule has 6 heteroatoms. The molecule has 0 aliphatic rings. The number of hydrogen-bond donors (Lipinski definition) is 0. The molecule has 0 N–H and O–H groups in total. The standard InChI is InChI=1S/C50H31N5O/c1-2-13-32(14-3-1)50-53-43(34-16-12-15-33(27-34)42-20-10-11-25-51-42)31-44(54-50)36-28-35(38-24-26-52-48-41-19-6-9-23-47(41)56-49(38)48)29-37(30-36)55-45-21-7-4-17-39(45)40-18-5-8-22-46(40)55/h1-31H. The summed E-state index contributed by atoms with van der Waals surface area (Å²) in [5.41, 5.74) is 14.0. The zero-order chi connectivity index (χ0) is 37.0. The maximum Gasteiger partial charge on any atom is 0.161 e. The largest absolute Gasteiger partial charge is 0.454 e. The fourth-order valence-corrected chi connectivity index (χ4v) is 7.91. The maximum absolute atomic E-state index is 6.56. The van der Waals surface area contributed by atoms with Gasteiger partial charge in [0.05, 0.1) is 28.1 Å². The first kappa shape index (κ1) is 31.8. The Labute approximate surface area is 322 Å². The lowest BCUT2D eigenvalue weighted by molar-refractivity contribution is 0.669. The molecule has 0 bridgehead atoms. The van der Waals surface area contributed by atoms with E-state index < -0.39 is 0 Å². The van der Waals surface area contributed by atoms with Gasteiger partial charge in [0.1, 0.15) is 11.1 Å². The highest BCUT2D eigenvalue weighted by Gasteiger charge is 2.19. The molecule has 0 aliphatic heterocycles. The first-order chi connectivity index (χ1) is 27.7. The lowest BCUT2D eigenvalue weighted by Crippen LogP contribution is -1.99. The summed E-state index contributed by atoms with van der Waals surface area (Å²) in [4.78, 5) is 19.9. The molecule has 56 heavy (non-hydrogen) atoms. The van der Waals surface area contributed by atoms with E-state index >= 15 is 0 Å². The monoisotopic (exact) mass is 717 g/mol. The Morgan fingerprint density at radius 1 is 0.411 bits per heavy atom. The van der Waals surface area contributed by atoms with Gasteiger partial charge in [-0.3, -0.25) is 9.97 Å². The summed E-state index contributed by atoms with van der Waals surface area (Å²) in [6, 6.07) is 60.7. The molecule has 0 saturated heterocycles. The van der Waals surface area contributed by atoms with E-state index in [0.717, 1.165) is 89.3 Å². The van der Waals surface area contributed by atoms with Crippen molar-refractivity contribution in [3.63, 3.8) is 0 Å². The molecule has 0 amide bonds. The summed E-state index contributed by atoms with van der Waals surface area (Å²) in [5.74, 6) is 0.647. The van der Waals surface area contributed by atoms with Crippen LogP contribution < -0.4 is 0 Å². The molecule has 11 rings (SSSR count). The van der Waals surface area contributed by atoms with Crippen molar-refractivity contribution >= 4 is 43.9 Å². The number of para-hydroxylation sites is 3. The third kappa shape index (κ3) is 5.35. The zero-order valence-corrected chi connectivity index (χ0v) is 30.0. The van der Waals surface area contributed by atoms with Gasteiger partial charge < -0.3 is 8.98 Å². The van der Waals surface area contributed by atoms with Gasteiger partial charge in [0.15, 0.2) is 11.4 Å². The molecule has 0 aliphatic carbocycles. The van der Waals surface area contributed by atoms with Crippen LogP contribution in [0.3, 0.4) is 0 Å². The number of furan rings is 1. The third-order valence-electron chi connectivity index (χ3n) is 10.5. The number of pyridine rings is 2. The highest BCUT2D eigenvalue weighted by molar-refractivity contribution is 6.10. The van der Waals surface area contributed by atoms with Crippen LogP contribution in [0.2, 0.25) is 0 Å². The highest BCUT2D eigenvalue weighted by Crippen LogP contribution is 2.40. The van der Waals surface area contributed by atoms with Gasteiger partial charge >= 0.3 is 0 Å². The number of fused-ring (bicyclic) bond motifs is 6. The third-order valence-corrected chi connectivity index (χ3v) is 10.5. The normalized spacial score (nSPS) is 11.6. The van der Waals surface area contributed by atoms with Gasteiger partial charge in [-0.15, -0.1) is 0 Å². The van der Waals surface area contributed by atoms with Crippen LogP contribution in [0.5, 0.6) is 0 Å². The summed E-state index contributed by atoms with van der Waals surface area (Å²) in [6.45, 7) is 0. The second-order valence-electron chi connectivity index (χ2n) is 13.9. The summed E-state index contributed by atoms with van der Waals surface area (Å²) in [6.07, 6.45) is 3.69. The number of nitrogens with zero attached hydrogens (tertiary/aromatic N) is 5. The molecule has 0 radical (unpaired) electrons. The highest BCUT2D eigenvalue weighted by atomic mass is 16.3. The second kappa shape index (κ2) is 13.0. The number of rotatable bonds is 6. The van der Waals surface area contributed by atoms with E-state index in [-0.39, 0.29) is 0 Å². The Kier molecular flexibility index (Phi) is 7.38. The van der Waals surface area contributed by atoms with E-state index in [1.165, 1.54) is 10.8 Å². The van der Waals surface area contributed by atoms with E-state index in [1.54, 1.807) is 0 Å². The van der Waals surface area contributed by atoms with Crippen molar-refractivity contribution in [2.75, 3.05) is 0 Å². The molecule has 5 aromatic heterocycles. The average Bonchev–Trinajstić information content (AvgIpc) is 3.83. The van der Waals surface area contributed by atoms with E-state index in [1.807, 2.05) is 73.1 Å².